The number of ether oxygens (including phenoxy) is 1. The van der Waals surface area contributed by atoms with Gasteiger partial charge in [-0.3, -0.25) is 4.79 Å². The average Bonchev–Trinajstić information content (AvgIpc) is 2.16. The molecular weight excluding hydrogens is 198 g/mol. The fourth-order valence-electron chi connectivity index (χ4n) is 1.93. The third-order valence-corrected chi connectivity index (χ3v) is 3.18. The lowest BCUT2D eigenvalue weighted by Crippen LogP contribution is -2.39. The van der Waals surface area contributed by atoms with Crippen molar-refractivity contribution in [2.24, 2.45) is 11.3 Å². The number of carbonyl (C=O) groups is 1. The second-order valence-electron chi connectivity index (χ2n) is 4.53. The standard InChI is InChI=1S/C10H19NO2S/c1-10(2,7-11-9(12)14)8-3-5-13-6-4-8/h8H,3-7H2,1-2H3,(H2,11,12,14). The van der Waals surface area contributed by atoms with Gasteiger partial charge in [0.2, 0.25) is 0 Å². The van der Waals surface area contributed by atoms with Gasteiger partial charge in [-0.25, -0.2) is 0 Å². The summed E-state index contributed by atoms with van der Waals surface area (Å²) in [6.07, 6.45) is 2.19. The normalized spacial score (nSPS) is 19.4. The number of amides is 1. The highest BCUT2D eigenvalue weighted by Crippen LogP contribution is 2.33. The minimum absolute atomic E-state index is 0.141. The lowest BCUT2D eigenvalue weighted by atomic mass is 9.74. The van der Waals surface area contributed by atoms with Gasteiger partial charge in [-0.2, -0.15) is 0 Å². The highest BCUT2D eigenvalue weighted by Gasteiger charge is 2.30. The highest BCUT2D eigenvalue weighted by atomic mass is 32.1. The van der Waals surface area contributed by atoms with Crippen LogP contribution in [0.5, 0.6) is 0 Å². The van der Waals surface area contributed by atoms with Gasteiger partial charge < -0.3 is 10.1 Å². The molecule has 1 rings (SSSR count). The highest BCUT2D eigenvalue weighted by molar-refractivity contribution is 7.96. The van der Waals surface area contributed by atoms with E-state index in [9.17, 15) is 4.79 Å². The zero-order valence-corrected chi connectivity index (χ0v) is 9.77. The molecule has 0 aromatic rings. The second kappa shape index (κ2) is 5.03. The Labute approximate surface area is 91.0 Å². The van der Waals surface area contributed by atoms with E-state index in [1.807, 2.05) is 0 Å². The first-order valence-corrected chi connectivity index (χ1v) is 5.51. The van der Waals surface area contributed by atoms with E-state index in [-0.39, 0.29) is 10.7 Å². The van der Waals surface area contributed by atoms with E-state index >= 15 is 0 Å². The number of hydrogen-bond donors (Lipinski definition) is 2. The Hall–Kier alpha value is -0.220. The van der Waals surface area contributed by atoms with Crippen LogP contribution in [-0.4, -0.2) is 25.0 Å². The van der Waals surface area contributed by atoms with E-state index in [1.54, 1.807) is 0 Å². The number of nitrogens with one attached hydrogen (secondary N) is 1. The molecule has 0 unspecified atom stereocenters. The van der Waals surface area contributed by atoms with Crippen molar-refractivity contribution in [1.29, 1.82) is 0 Å². The van der Waals surface area contributed by atoms with Crippen molar-refractivity contribution in [3.05, 3.63) is 0 Å². The van der Waals surface area contributed by atoms with Crippen molar-refractivity contribution in [1.82, 2.24) is 5.32 Å². The summed E-state index contributed by atoms with van der Waals surface area (Å²) in [4.78, 5) is 10.7. The predicted molar refractivity (Wildman–Crippen MR) is 59.7 cm³/mol. The summed E-state index contributed by atoms with van der Waals surface area (Å²) >= 11 is 3.70. The van der Waals surface area contributed by atoms with E-state index in [4.69, 9.17) is 4.74 Å². The van der Waals surface area contributed by atoms with Crippen LogP contribution in [0.2, 0.25) is 0 Å². The van der Waals surface area contributed by atoms with Gasteiger partial charge in [-0.1, -0.05) is 26.5 Å². The molecule has 1 aliphatic rings. The van der Waals surface area contributed by atoms with Gasteiger partial charge in [0.05, 0.1) is 0 Å². The minimum Gasteiger partial charge on any atom is -0.381 e. The van der Waals surface area contributed by atoms with Crippen LogP contribution in [0.15, 0.2) is 0 Å². The molecule has 3 nitrogen and oxygen atoms in total. The maximum Gasteiger partial charge on any atom is 0.275 e. The maximum atomic E-state index is 10.7. The molecule has 1 N–H and O–H groups in total. The third-order valence-electron chi connectivity index (χ3n) is 3.02. The van der Waals surface area contributed by atoms with E-state index in [1.165, 1.54) is 0 Å². The van der Waals surface area contributed by atoms with E-state index in [0.717, 1.165) is 26.1 Å². The van der Waals surface area contributed by atoms with E-state index < -0.39 is 0 Å². The molecule has 0 aromatic heterocycles. The number of rotatable bonds is 3. The SMILES string of the molecule is CC(C)(CNC(=O)S)C1CCOCC1. The van der Waals surface area contributed by atoms with Crippen LogP contribution in [0.3, 0.4) is 0 Å². The first-order chi connectivity index (χ1) is 6.52. The molecule has 0 radical (unpaired) electrons. The zero-order valence-electron chi connectivity index (χ0n) is 8.88. The first-order valence-electron chi connectivity index (χ1n) is 5.07. The van der Waals surface area contributed by atoms with Gasteiger partial charge in [-0.15, -0.1) is 0 Å². The quantitative estimate of drug-likeness (QED) is 0.710. The molecule has 1 amide bonds. The molecule has 0 bridgehead atoms. The molecule has 0 atom stereocenters. The molecule has 4 heteroatoms. The maximum absolute atomic E-state index is 10.7. The molecule has 14 heavy (non-hydrogen) atoms. The molecule has 1 fully saturated rings. The van der Waals surface area contributed by atoms with Crippen molar-refractivity contribution in [3.63, 3.8) is 0 Å². The van der Waals surface area contributed by atoms with Gasteiger partial charge in [0.15, 0.2) is 0 Å². The van der Waals surface area contributed by atoms with Gasteiger partial charge in [0.25, 0.3) is 5.24 Å². The van der Waals surface area contributed by atoms with Crippen LogP contribution in [-0.2, 0) is 4.74 Å². The van der Waals surface area contributed by atoms with Crippen molar-refractivity contribution in [2.75, 3.05) is 19.8 Å². The molecule has 1 heterocycles. The summed E-state index contributed by atoms with van der Waals surface area (Å²) in [5.41, 5.74) is 0.141. The average molecular weight is 217 g/mol. The Bertz CT molecular complexity index is 200. The van der Waals surface area contributed by atoms with Crippen LogP contribution < -0.4 is 5.32 Å². The second-order valence-corrected chi connectivity index (χ2v) is 4.94. The van der Waals surface area contributed by atoms with Crippen LogP contribution in [0, 0.1) is 11.3 Å². The largest absolute Gasteiger partial charge is 0.381 e. The number of thiol groups is 1. The molecule has 82 valence electrons. The zero-order chi connectivity index (χ0) is 10.6. The van der Waals surface area contributed by atoms with Crippen molar-refractivity contribution < 1.29 is 9.53 Å². The molecule has 1 saturated heterocycles. The van der Waals surface area contributed by atoms with Crippen LogP contribution in [0.4, 0.5) is 4.79 Å². The lowest BCUT2D eigenvalue weighted by molar-refractivity contribution is 0.0239. The Morgan fingerprint density at radius 1 is 1.50 bits per heavy atom. The Kier molecular flexibility index (Phi) is 4.26. The van der Waals surface area contributed by atoms with Crippen LogP contribution in [0.1, 0.15) is 26.7 Å². The number of carbonyl (C=O) groups excluding carboxylic acids is 1. The third kappa shape index (κ3) is 3.50. The van der Waals surface area contributed by atoms with Gasteiger partial charge in [0, 0.05) is 19.8 Å². The minimum atomic E-state index is -0.245. The smallest absolute Gasteiger partial charge is 0.275 e. The summed E-state index contributed by atoms with van der Waals surface area (Å²) in [6.45, 7) is 6.77. The summed E-state index contributed by atoms with van der Waals surface area (Å²) in [5.74, 6) is 0.636. The molecule has 0 aromatic carbocycles. The lowest BCUT2D eigenvalue weighted by Gasteiger charge is -2.36. The molecular formula is C10H19NO2S. The molecule has 0 spiro atoms. The molecule has 0 aliphatic carbocycles. The monoisotopic (exact) mass is 217 g/mol. The first kappa shape index (κ1) is 11.9. The van der Waals surface area contributed by atoms with Crippen molar-refractivity contribution in [2.45, 2.75) is 26.7 Å². The summed E-state index contributed by atoms with van der Waals surface area (Å²) < 4.78 is 5.32. The van der Waals surface area contributed by atoms with Gasteiger partial charge in [-0.05, 0) is 24.2 Å². The Morgan fingerprint density at radius 2 is 2.07 bits per heavy atom. The fraction of sp³-hybridized carbons (Fsp3) is 0.900. The van der Waals surface area contributed by atoms with Crippen LogP contribution >= 0.6 is 12.6 Å². The topological polar surface area (TPSA) is 38.3 Å². The van der Waals surface area contributed by atoms with E-state index in [0.29, 0.717) is 12.5 Å². The van der Waals surface area contributed by atoms with E-state index in [2.05, 4.69) is 31.8 Å². The predicted octanol–water partition coefficient (Wildman–Crippen LogP) is 2.08. The number of hydrogen-bond acceptors (Lipinski definition) is 2. The molecule has 0 saturated carbocycles. The molecule has 1 aliphatic heterocycles. The summed E-state index contributed by atoms with van der Waals surface area (Å²) in [7, 11) is 0. The van der Waals surface area contributed by atoms with Gasteiger partial charge in [0.1, 0.15) is 0 Å². The van der Waals surface area contributed by atoms with Gasteiger partial charge >= 0.3 is 0 Å². The fourth-order valence-corrected chi connectivity index (χ4v) is 2.01. The Balaban J connectivity index is 2.41. The van der Waals surface area contributed by atoms with Crippen molar-refractivity contribution >= 4 is 17.9 Å². The summed E-state index contributed by atoms with van der Waals surface area (Å²) in [6, 6.07) is 0. The summed E-state index contributed by atoms with van der Waals surface area (Å²) in [5, 5.41) is 2.52. The van der Waals surface area contributed by atoms with Crippen LogP contribution in [0.25, 0.3) is 0 Å². The van der Waals surface area contributed by atoms with Crippen molar-refractivity contribution in [3.8, 4) is 0 Å². The Morgan fingerprint density at radius 3 is 2.57 bits per heavy atom.